The lowest BCUT2D eigenvalue weighted by Crippen LogP contribution is -2.47. The lowest BCUT2D eigenvalue weighted by molar-refractivity contribution is -0.142. The fourth-order valence-corrected chi connectivity index (χ4v) is 4.39. The van der Waals surface area contributed by atoms with Gasteiger partial charge in [-0.05, 0) is 29.5 Å². The van der Waals surface area contributed by atoms with Crippen LogP contribution in [0.25, 0.3) is 10.5 Å². The van der Waals surface area contributed by atoms with Crippen molar-refractivity contribution >= 4 is 40.7 Å². The van der Waals surface area contributed by atoms with Gasteiger partial charge in [-0.1, -0.05) is 30.3 Å². The van der Waals surface area contributed by atoms with Crippen LogP contribution >= 0.6 is 23.1 Å². The molecule has 1 amide bonds. The molecular formula is C20H19N3O3S2. The third kappa shape index (κ3) is 4.94. The summed E-state index contributed by atoms with van der Waals surface area (Å²) >= 11 is 3.00. The quantitative estimate of drug-likeness (QED) is 0.538. The second kappa shape index (κ2) is 9.44. The van der Waals surface area contributed by atoms with Crippen molar-refractivity contribution in [3.8, 4) is 0 Å². The van der Waals surface area contributed by atoms with Gasteiger partial charge in [0.2, 0.25) is 0 Å². The molecule has 144 valence electrons. The predicted octanol–water partition coefficient (Wildman–Crippen LogP) is 3.38. The van der Waals surface area contributed by atoms with Crippen LogP contribution in [-0.2, 0) is 26.5 Å². The second-order valence-corrected chi connectivity index (χ2v) is 7.96. The minimum atomic E-state index is -0.370. The molecule has 0 saturated carbocycles. The summed E-state index contributed by atoms with van der Waals surface area (Å²) in [6, 6.07) is 11.5. The Morgan fingerprint density at radius 1 is 1.29 bits per heavy atom. The molecule has 3 rings (SSSR count). The number of nitrogens with one attached hydrogen (secondary N) is 2. The summed E-state index contributed by atoms with van der Waals surface area (Å²) in [5.41, 5.74) is 2.24. The molecule has 2 heterocycles. The molecule has 6 nitrogen and oxygen atoms in total. The zero-order valence-corrected chi connectivity index (χ0v) is 16.9. The van der Waals surface area contributed by atoms with Crippen LogP contribution in [0.1, 0.15) is 22.9 Å². The molecule has 1 aromatic carbocycles. The largest absolute Gasteiger partial charge is 0.466 e. The van der Waals surface area contributed by atoms with Crippen LogP contribution in [0.3, 0.4) is 0 Å². The first kappa shape index (κ1) is 20.0. The monoisotopic (exact) mass is 413 g/mol. The number of nitrogens with zero attached hydrogens (tertiary/aromatic N) is 1. The van der Waals surface area contributed by atoms with E-state index in [9.17, 15) is 9.59 Å². The van der Waals surface area contributed by atoms with Crippen LogP contribution in [0, 0.1) is 6.57 Å². The normalized spacial score (nSPS) is 16.1. The maximum absolute atomic E-state index is 12.3. The van der Waals surface area contributed by atoms with Crippen molar-refractivity contribution in [1.82, 2.24) is 10.6 Å². The van der Waals surface area contributed by atoms with Crippen LogP contribution in [-0.4, -0.2) is 24.0 Å². The van der Waals surface area contributed by atoms with Gasteiger partial charge in [0.15, 0.2) is 0 Å². The zero-order valence-electron chi connectivity index (χ0n) is 15.2. The van der Waals surface area contributed by atoms with E-state index in [1.54, 1.807) is 6.92 Å². The average molecular weight is 414 g/mol. The molecule has 1 aliphatic heterocycles. The van der Waals surface area contributed by atoms with E-state index in [4.69, 9.17) is 11.3 Å². The van der Waals surface area contributed by atoms with Crippen molar-refractivity contribution < 1.29 is 14.3 Å². The standard InChI is InChI=1S/C20H19N3O3S2/c1-3-26-16(24)11-13-6-4-7-14(10-13)12-28-20-22-17(15-8-5-9-27-15)18(21-2)19(25)23-20/h4-10,20,22H,3,11-12H2,1H3,(H,23,25). The maximum Gasteiger partial charge on any atom is 0.310 e. The van der Waals surface area contributed by atoms with Gasteiger partial charge < -0.3 is 15.4 Å². The van der Waals surface area contributed by atoms with E-state index < -0.39 is 0 Å². The number of hydrogen-bond donors (Lipinski definition) is 2. The highest BCUT2D eigenvalue weighted by molar-refractivity contribution is 7.99. The first-order valence-corrected chi connectivity index (χ1v) is 10.6. The van der Waals surface area contributed by atoms with Crippen LogP contribution in [0.15, 0.2) is 47.5 Å². The molecule has 0 fully saturated rings. The average Bonchev–Trinajstić information content (AvgIpc) is 3.21. The minimum Gasteiger partial charge on any atom is -0.466 e. The highest BCUT2D eigenvalue weighted by Crippen LogP contribution is 2.28. The fraction of sp³-hybridized carbons (Fsp3) is 0.250. The Morgan fingerprint density at radius 2 is 2.11 bits per heavy atom. The van der Waals surface area contributed by atoms with E-state index in [2.05, 4.69) is 15.5 Å². The summed E-state index contributed by atoms with van der Waals surface area (Å²) in [4.78, 5) is 28.2. The highest BCUT2D eigenvalue weighted by atomic mass is 32.2. The van der Waals surface area contributed by atoms with Crippen molar-refractivity contribution in [2.75, 3.05) is 6.61 Å². The van der Waals surface area contributed by atoms with Gasteiger partial charge in [-0.2, -0.15) is 0 Å². The van der Waals surface area contributed by atoms with E-state index in [1.807, 2.05) is 41.8 Å². The zero-order chi connectivity index (χ0) is 19.9. The topological polar surface area (TPSA) is 71.8 Å². The van der Waals surface area contributed by atoms with Crippen molar-refractivity contribution in [3.63, 3.8) is 0 Å². The molecule has 0 saturated heterocycles. The fourth-order valence-electron chi connectivity index (χ4n) is 2.72. The number of esters is 1. The predicted molar refractivity (Wildman–Crippen MR) is 111 cm³/mol. The molecule has 1 unspecified atom stereocenters. The summed E-state index contributed by atoms with van der Waals surface area (Å²) in [7, 11) is 0. The Morgan fingerprint density at radius 3 is 2.82 bits per heavy atom. The molecule has 0 spiro atoms. The second-order valence-electron chi connectivity index (χ2n) is 5.92. The number of ether oxygens (including phenoxy) is 1. The van der Waals surface area contributed by atoms with Crippen LogP contribution < -0.4 is 10.6 Å². The summed E-state index contributed by atoms with van der Waals surface area (Å²) in [5, 5.41) is 7.98. The lowest BCUT2D eigenvalue weighted by atomic mass is 10.1. The summed E-state index contributed by atoms with van der Waals surface area (Å²) < 4.78 is 4.99. The van der Waals surface area contributed by atoms with Gasteiger partial charge in [0, 0.05) is 10.6 Å². The summed E-state index contributed by atoms with van der Waals surface area (Å²) in [6.45, 7) is 9.45. The summed E-state index contributed by atoms with van der Waals surface area (Å²) in [5.74, 6) is 0.0243. The molecule has 28 heavy (non-hydrogen) atoms. The van der Waals surface area contributed by atoms with E-state index in [0.717, 1.165) is 16.0 Å². The summed E-state index contributed by atoms with van der Waals surface area (Å²) in [6.07, 6.45) is 0.240. The molecule has 2 N–H and O–H groups in total. The third-order valence-corrected chi connectivity index (χ3v) is 5.89. The number of carbonyl (C=O) groups is 2. The number of thiophene rings is 1. The third-order valence-electron chi connectivity index (χ3n) is 3.93. The van der Waals surface area contributed by atoms with Crippen molar-refractivity contribution in [3.05, 3.63) is 74.9 Å². The number of carbonyl (C=O) groups excluding carboxylic acids is 2. The van der Waals surface area contributed by atoms with Crippen molar-refractivity contribution in [1.29, 1.82) is 0 Å². The molecule has 0 aliphatic carbocycles. The smallest absolute Gasteiger partial charge is 0.310 e. The molecular weight excluding hydrogens is 394 g/mol. The Balaban J connectivity index is 1.66. The van der Waals surface area contributed by atoms with E-state index >= 15 is 0 Å². The van der Waals surface area contributed by atoms with Gasteiger partial charge in [0.05, 0.1) is 25.3 Å². The number of hydrogen-bond acceptors (Lipinski definition) is 6. The van der Waals surface area contributed by atoms with Crippen LogP contribution in [0.2, 0.25) is 0 Å². The van der Waals surface area contributed by atoms with Gasteiger partial charge in [0.25, 0.3) is 11.6 Å². The Bertz CT molecular complexity index is 932. The first-order chi connectivity index (χ1) is 13.6. The van der Waals surface area contributed by atoms with Gasteiger partial charge in [-0.25, -0.2) is 4.85 Å². The van der Waals surface area contributed by atoms with Crippen molar-refractivity contribution in [2.24, 2.45) is 0 Å². The number of thioether (sulfide) groups is 1. The molecule has 8 heteroatoms. The Labute approximate surface area is 171 Å². The molecule has 0 radical (unpaired) electrons. The van der Waals surface area contributed by atoms with E-state index in [-0.39, 0.29) is 29.5 Å². The molecule has 1 aliphatic rings. The molecule has 1 aromatic heterocycles. The van der Waals surface area contributed by atoms with Crippen LogP contribution in [0.5, 0.6) is 0 Å². The van der Waals surface area contributed by atoms with Gasteiger partial charge in [-0.3, -0.25) is 9.59 Å². The van der Waals surface area contributed by atoms with Gasteiger partial charge in [0.1, 0.15) is 5.50 Å². The molecule has 2 aromatic rings. The minimum absolute atomic E-state index is 0.0794. The van der Waals surface area contributed by atoms with E-state index in [0.29, 0.717) is 18.1 Å². The number of rotatable bonds is 7. The SMILES string of the molecule is [C-]#[N+]C1=C(c2cccs2)NC(SCc2cccc(CC(=O)OCC)c2)NC1=O. The van der Waals surface area contributed by atoms with Crippen LogP contribution in [0.4, 0.5) is 0 Å². The Kier molecular flexibility index (Phi) is 6.74. The lowest BCUT2D eigenvalue weighted by Gasteiger charge is -2.27. The number of amides is 1. The van der Waals surface area contributed by atoms with Gasteiger partial charge >= 0.3 is 5.97 Å². The molecule has 0 bridgehead atoms. The Hall–Kier alpha value is -2.76. The first-order valence-electron chi connectivity index (χ1n) is 8.68. The van der Waals surface area contributed by atoms with Gasteiger partial charge in [-0.15, -0.1) is 23.1 Å². The van der Waals surface area contributed by atoms with E-state index in [1.165, 1.54) is 23.1 Å². The van der Waals surface area contributed by atoms with Crippen molar-refractivity contribution in [2.45, 2.75) is 24.6 Å². The highest BCUT2D eigenvalue weighted by Gasteiger charge is 2.28. The number of benzene rings is 1. The molecule has 1 atom stereocenters. The maximum atomic E-state index is 12.3.